The van der Waals surface area contributed by atoms with Crippen molar-refractivity contribution in [3.8, 4) is 0 Å². The van der Waals surface area contributed by atoms with E-state index in [4.69, 9.17) is 5.53 Å². The van der Waals surface area contributed by atoms with Gasteiger partial charge < -0.3 is 0 Å². The van der Waals surface area contributed by atoms with Crippen LogP contribution in [0.3, 0.4) is 0 Å². The number of rotatable bonds is 9. The highest BCUT2D eigenvalue weighted by Gasteiger charge is 2.36. The summed E-state index contributed by atoms with van der Waals surface area (Å²) in [5.41, 5.74) is 8.02. The third-order valence-electron chi connectivity index (χ3n) is 3.43. The van der Waals surface area contributed by atoms with E-state index in [1.54, 1.807) is 13.8 Å². The van der Waals surface area contributed by atoms with E-state index in [-0.39, 0.29) is 19.0 Å². The summed E-state index contributed by atoms with van der Waals surface area (Å²) in [5.74, 6) is -0.173. The molecule has 1 atom stereocenters. The fourth-order valence-electron chi connectivity index (χ4n) is 2.25. The van der Waals surface area contributed by atoms with Crippen LogP contribution in [-0.2, 0) is 10.0 Å². The van der Waals surface area contributed by atoms with Crippen molar-refractivity contribution in [2.45, 2.75) is 24.8 Å². The van der Waals surface area contributed by atoms with Crippen molar-refractivity contribution in [3.63, 3.8) is 0 Å². The summed E-state index contributed by atoms with van der Waals surface area (Å²) >= 11 is 0. The molecule has 10 heteroatoms. The Bertz CT molecular complexity index is 756. The highest BCUT2D eigenvalue weighted by Crippen LogP contribution is 2.29. The van der Waals surface area contributed by atoms with Crippen LogP contribution in [0.4, 0.5) is 5.69 Å². The van der Waals surface area contributed by atoms with Crippen LogP contribution in [0, 0.1) is 16.0 Å². The van der Waals surface area contributed by atoms with Crippen molar-refractivity contribution in [2.75, 3.05) is 13.1 Å². The molecule has 0 aliphatic rings. The number of nitro groups is 1. The number of nitrogens with zero attached hydrogens (tertiary/aromatic N) is 5. The summed E-state index contributed by atoms with van der Waals surface area (Å²) in [6.07, 6.45) is 1.39. The van der Waals surface area contributed by atoms with Crippen molar-refractivity contribution < 1.29 is 13.3 Å². The maximum Gasteiger partial charge on any atom is 0.289 e. The zero-order valence-corrected chi connectivity index (χ0v) is 14.3. The zero-order chi connectivity index (χ0) is 18.3. The lowest BCUT2D eigenvalue weighted by Crippen LogP contribution is -2.45. The molecular formula is C14H19N5O4S. The zero-order valence-electron chi connectivity index (χ0n) is 13.4. The third kappa shape index (κ3) is 4.31. The summed E-state index contributed by atoms with van der Waals surface area (Å²) in [7, 11) is -4.18. The van der Waals surface area contributed by atoms with Gasteiger partial charge in [0.05, 0.1) is 4.92 Å². The Morgan fingerprint density at radius 1 is 1.46 bits per heavy atom. The number of azide groups is 1. The van der Waals surface area contributed by atoms with Crippen LogP contribution in [0.5, 0.6) is 0 Å². The highest BCUT2D eigenvalue weighted by molar-refractivity contribution is 7.89. The van der Waals surface area contributed by atoms with E-state index < -0.39 is 31.6 Å². The fourth-order valence-corrected chi connectivity index (χ4v) is 4.12. The largest absolute Gasteiger partial charge is 0.289 e. The van der Waals surface area contributed by atoms with Crippen molar-refractivity contribution >= 4 is 15.7 Å². The highest BCUT2D eigenvalue weighted by atomic mass is 32.2. The molecule has 9 nitrogen and oxygen atoms in total. The van der Waals surface area contributed by atoms with Crippen LogP contribution in [-0.4, -0.2) is 36.8 Å². The summed E-state index contributed by atoms with van der Waals surface area (Å²) in [5, 5.41) is 14.6. The molecule has 1 aromatic carbocycles. The minimum absolute atomic E-state index is 0.0574. The van der Waals surface area contributed by atoms with Crippen molar-refractivity contribution in [1.82, 2.24) is 4.31 Å². The average Bonchev–Trinajstić information content (AvgIpc) is 2.53. The lowest BCUT2D eigenvalue weighted by Gasteiger charge is -2.31. The van der Waals surface area contributed by atoms with E-state index in [1.165, 1.54) is 24.3 Å². The quantitative estimate of drug-likeness (QED) is 0.169. The molecular weight excluding hydrogens is 334 g/mol. The molecule has 0 aliphatic carbocycles. The fraction of sp³-hybridized carbons (Fsp3) is 0.429. The van der Waals surface area contributed by atoms with Crippen LogP contribution in [0.15, 0.2) is 46.9 Å². The molecule has 1 aromatic rings. The van der Waals surface area contributed by atoms with Gasteiger partial charge in [-0.15, -0.1) is 6.58 Å². The summed E-state index contributed by atoms with van der Waals surface area (Å²) < 4.78 is 27.1. The number of benzene rings is 1. The molecule has 0 radical (unpaired) electrons. The molecule has 0 aliphatic heterocycles. The van der Waals surface area contributed by atoms with E-state index in [0.717, 1.165) is 10.4 Å². The van der Waals surface area contributed by atoms with Crippen LogP contribution < -0.4 is 0 Å². The molecule has 1 unspecified atom stereocenters. The van der Waals surface area contributed by atoms with Gasteiger partial charge in [-0.3, -0.25) is 10.1 Å². The lowest BCUT2D eigenvalue weighted by molar-refractivity contribution is -0.387. The second-order valence-corrected chi connectivity index (χ2v) is 7.17. The number of nitro benzene ring substituents is 1. The van der Waals surface area contributed by atoms with Gasteiger partial charge in [0.15, 0.2) is 4.90 Å². The number of hydrogen-bond acceptors (Lipinski definition) is 5. The van der Waals surface area contributed by atoms with Gasteiger partial charge in [0.1, 0.15) is 0 Å². The first kappa shape index (κ1) is 19.6. The van der Waals surface area contributed by atoms with Crippen molar-refractivity contribution in [3.05, 3.63) is 57.5 Å². The predicted molar refractivity (Wildman–Crippen MR) is 89.8 cm³/mol. The van der Waals surface area contributed by atoms with Crippen LogP contribution in [0.1, 0.15) is 13.8 Å². The molecule has 24 heavy (non-hydrogen) atoms. The molecule has 0 heterocycles. The first-order valence-corrected chi connectivity index (χ1v) is 8.58. The van der Waals surface area contributed by atoms with Crippen LogP contribution in [0.2, 0.25) is 0 Å². The summed E-state index contributed by atoms with van der Waals surface area (Å²) in [6.45, 7) is 6.97. The summed E-state index contributed by atoms with van der Waals surface area (Å²) in [6, 6.07) is 4.49. The number of hydrogen-bond donors (Lipinski definition) is 0. The van der Waals surface area contributed by atoms with Crippen molar-refractivity contribution in [2.24, 2.45) is 11.0 Å². The van der Waals surface area contributed by atoms with E-state index >= 15 is 0 Å². The Labute approximate surface area is 140 Å². The maximum atomic E-state index is 13.0. The van der Waals surface area contributed by atoms with Gasteiger partial charge in [0, 0.05) is 30.1 Å². The SMILES string of the molecule is C=CCN(C(CN=[N+]=[N-])C(C)C)S(=O)(=O)c1ccccc1[N+](=O)[O-]. The molecule has 0 saturated carbocycles. The van der Waals surface area contributed by atoms with E-state index in [1.807, 2.05) is 0 Å². The van der Waals surface area contributed by atoms with E-state index in [2.05, 4.69) is 16.6 Å². The molecule has 0 saturated heterocycles. The van der Waals surface area contributed by atoms with E-state index in [0.29, 0.717) is 0 Å². The molecule has 1 rings (SSSR count). The van der Waals surface area contributed by atoms with Crippen LogP contribution in [0.25, 0.3) is 10.4 Å². The van der Waals surface area contributed by atoms with Gasteiger partial charge in [-0.25, -0.2) is 8.42 Å². The van der Waals surface area contributed by atoms with Crippen molar-refractivity contribution in [1.29, 1.82) is 0 Å². The molecule has 0 spiro atoms. The normalized spacial score (nSPS) is 12.7. The summed E-state index contributed by atoms with van der Waals surface area (Å²) in [4.78, 5) is 12.7. The molecule has 0 bridgehead atoms. The van der Waals surface area contributed by atoms with Gasteiger partial charge in [0.2, 0.25) is 10.0 Å². The Morgan fingerprint density at radius 3 is 2.58 bits per heavy atom. The van der Waals surface area contributed by atoms with Gasteiger partial charge in [-0.05, 0) is 17.5 Å². The minimum atomic E-state index is -4.18. The van der Waals surface area contributed by atoms with Gasteiger partial charge in [-0.2, -0.15) is 4.31 Å². The smallest absolute Gasteiger partial charge is 0.258 e. The van der Waals surface area contributed by atoms with Gasteiger partial charge in [0.25, 0.3) is 5.69 Å². The predicted octanol–water partition coefficient (Wildman–Crippen LogP) is 3.11. The minimum Gasteiger partial charge on any atom is -0.258 e. The number of para-hydroxylation sites is 1. The Kier molecular flexibility index (Phi) is 6.90. The maximum absolute atomic E-state index is 13.0. The van der Waals surface area contributed by atoms with Crippen LogP contribution >= 0.6 is 0 Å². The Morgan fingerprint density at radius 2 is 2.08 bits per heavy atom. The molecule has 0 fully saturated rings. The lowest BCUT2D eigenvalue weighted by atomic mass is 10.0. The first-order valence-electron chi connectivity index (χ1n) is 7.14. The average molecular weight is 353 g/mol. The third-order valence-corrected chi connectivity index (χ3v) is 5.37. The Hall–Kier alpha value is -2.42. The van der Waals surface area contributed by atoms with E-state index in [9.17, 15) is 18.5 Å². The Balaban J connectivity index is 3.49. The van der Waals surface area contributed by atoms with Gasteiger partial charge >= 0.3 is 0 Å². The molecule has 130 valence electrons. The second-order valence-electron chi connectivity index (χ2n) is 5.31. The monoisotopic (exact) mass is 353 g/mol. The molecule has 0 N–H and O–H groups in total. The standard InChI is InChI=1S/C14H19N5O4S/c1-4-9-18(13(11(2)3)10-16-17-15)24(22,23)14-8-6-5-7-12(14)19(20)21/h4-8,11,13H,1,9-10H2,2-3H3. The van der Waals surface area contributed by atoms with Gasteiger partial charge in [-0.1, -0.05) is 37.2 Å². The number of sulfonamides is 1. The molecule has 0 aromatic heterocycles. The topological polar surface area (TPSA) is 129 Å². The first-order chi connectivity index (χ1) is 11.3. The molecule has 0 amide bonds. The second kappa shape index (κ2) is 8.44.